The van der Waals surface area contributed by atoms with Crippen LogP contribution in [0, 0.1) is 29.1 Å². The second-order valence-electron chi connectivity index (χ2n) is 11.6. The summed E-state index contributed by atoms with van der Waals surface area (Å²) in [5.74, 6) is 6.13. The fraction of sp³-hybridized carbons (Fsp3) is 0.714. The third kappa shape index (κ3) is 6.43. The van der Waals surface area contributed by atoms with E-state index in [1.807, 2.05) is 31.7 Å². The molecule has 1 aromatic heterocycles. The van der Waals surface area contributed by atoms with Crippen molar-refractivity contribution in [2.75, 3.05) is 4.90 Å². The third-order valence-corrected chi connectivity index (χ3v) is 8.28. The highest BCUT2D eigenvalue weighted by Crippen LogP contribution is 2.40. The van der Waals surface area contributed by atoms with Crippen molar-refractivity contribution in [1.29, 1.82) is 0 Å². The van der Waals surface area contributed by atoms with Crippen LogP contribution in [-0.2, 0) is 9.53 Å². The number of amides is 1. The fourth-order valence-electron chi connectivity index (χ4n) is 5.14. The molecule has 3 aliphatic carbocycles. The maximum atomic E-state index is 13.9. The maximum Gasteiger partial charge on any atom is 0.348 e. The summed E-state index contributed by atoms with van der Waals surface area (Å²) in [6.45, 7) is 8.36. The molecule has 0 saturated heterocycles. The minimum absolute atomic E-state index is 0.0158. The van der Waals surface area contributed by atoms with Gasteiger partial charge in [-0.3, -0.25) is 4.79 Å². The fourth-order valence-corrected chi connectivity index (χ4v) is 5.98. The van der Waals surface area contributed by atoms with Crippen LogP contribution in [0.25, 0.3) is 0 Å². The first kappa shape index (κ1) is 25.3. The minimum atomic E-state index is -0.982. The van der Waals surface area contributed by atoms with E-state index in [0.717, 1.165) is 51.4 Å². The molecule has 1 amide bonds. The second kappa shape index (κ2) is 10.4. The van der Waals surface area contributed by atoms with Crippen LogP contribution < -0.4 is 4.90 Å². The quantitative estimate of drug-likeness (QED) is 0.468. The number of thiophene rings is 1. The van der Waals surface area contributed by atoms with Crippen molar-refractivity contribution in [3.05, 3.63) is 15.8 Å². The highest BCUT2D eigenvalue weighted by atomic mass is 32.1. The zero-order chi connectivity index (χ0) is 24.5. The van der Waals surface area contributed by atoms with Gasteiger partial charge in [0.1, 0.15) is 4.88 Å². The Labute approximate surface area is 208 Å². The van der Waals surface area contributed by atoms with Gasteiger partial charge >= 0.3 is 5.97 Å². The monoisotopic (exact) mass is 485 g/mol. The van der Waals surface area contributed by atoms with Crippen molar-refractivity contribution in [3.63, 3.8) is 0 Å². The molecule has 6 heteroatoms. The molecule has 0 atom stereocenters. The van der Waals surface area contributed by atoms with E-state index in [0.29, 0.717) is 22.6 Å². The molecule has 186 valence electrons. The highest BCUT2D eigenvalue weighted by molar-refractivity contribution is 7.15. The minimum Gasteiger partial charge on any atom is -0.477 e. The summed E-state index contributed by atoms with van der Waals surface area (Å²) in [6, 6.07) is 1.87. The smallest absolute Gasteiger partial charge is 0.348 e. The van der Waals surface area contributed by atoms with E-state index < -0.39 is 5.97 Å². The number of carboxylic acid groups (broad SMARTS) is 1. The van der Waals surface area contributed by atoms with Crippen molar-refractivity contribution in [3.8, 4) is 11.8 Å². The molecule has 0 spiro atoms. The van der Waals surface area contributed by atoms with Gasteiger partial charge in [-0.2, -0.15) is 0 Å². The standard InChI is InChI=1S/C28H39NO4S/c1-18-5-7-19(8-6-18)26(30)29(20-9-11-21(12-10-20)33-22-13-14-22)24-17-23(15-16-28(2,3)4)34-25(24)27(31)32/h17-22H,5-14H2,1-4H3,(H,31,32). The Morgan fingerprint density at radius 2 is 1.59 bits per heavy atom. The lowest BCUT2D eigenvalue weighted by Crippen LogP contribution is -2.47. The number of ether oxygens (including phenoxy) is 1. The summed E-state index contributed by atoms with van der Waals surface area (Å²) < 4.78 is 6.14. The van der Waals surface area contributed by atoms with Crippen LogP contribution in [0.2, 0.25) is 0 Å². The SMILES string of the molecule is CC1CCC(C(=O)N(c2cc(C#CC(C)(C)C)sc2C(=O)O)C2CCC(OC3CC3)CC2)CC1. The first-order valence-corrected chi connectivity index (χ1v) is 13.8. The Hall–Kier alpha value is -1.84. The average molecular weight is 486 g/mol. The van der Waals surface area contributed by atoms with Gasteiger partial charge in [-0.05, 0) is 97.0 Å². The molecule has 3 fully saturated rings. The van der Waals surface area contributed by atoms with Crippen molar-refractivity contribution in [2.24, 2.45) is 17.3 Å². The number of carbonyl (C=O) groups is 2. The van der Waals surface area contributed by atoms with Crippen molar-refractivity contribution < 1.29 is 19.4 Å². The van der Waals surface area contributed by atoms with E-state index in [1.165, 1.54) is 24.2 Å². The summed E-state index contributed by atoms with van der Waals surface area (Å²) in [5.41, 5.74) is 0.368. The average Bonchev–Trinajstić information content (AvgIpc) is 3.49. The maximum absolute atomic E-state index is 13.9. The third-order valence-electron chi connectivity index (χ3n) is 7.25. The summed E-state index contributed by atoms with van der Waals surface area (Å²) >= 11 is 1.19. The van der Waals surface area contributed by atoms with E-state index in [-0.39, 0.29) is 34.3 Å². The number of hydrogen-bond donors (Lipinski definition) is 1. The van der Waals surface area contributed by atoms with Gasteiger partial charge < -0.3 is 14.7 Å². The molecule has 3 aliphatic rings. The van der Waals surface area contributed by atoms with Crippen molar-refractivity contribution >= 4 is 28.9 Å². The van der Waals surface area contributed by atoms with Crippen molar-refractivity contribution in [1.82, 2.24) is 0 Å². The van der Waals surface area contributed by atoms with Gasteiger partial charge in [0.05, 0.1) is 22.8 Å². The zero-order valence-electron chi connectivity index (χ0n) is 21.1. The van der Waals surface area contributed by atoms with Crippen LogP contribution in [0.5, 0.6) is 0 Å². The molecule has 4 rings (SSSR count). The number of hydrogen-bond acceptors (Lipinski definition) is 4. The summed E-state index contributed by atoms with van der Waals surface area (Å²) in [4.78, 5) is 29.0. The summed E-state index contributed by atoms with van der Waals surface area (Å²) in [6.07, 6.45) is 10.5. The Morgan fingerprint density at radius 3 is 2.12 bits per heavy atom. The van der Waals surface area contributed by atoms with E-state index in [2.05, 4.69) is 18.8 Å². The van der Waals surface area contributed by atoms with Crippen LogP contribution in [-0.4, -0.2) is 35.2 Å². The molecule has 0 aromatic carbocycles. The first-order chi connectivity index (χ1) is 16.1. The Balaban J connectivity index is 1.63. The molecule has 5 nitrogen and oxygen atoms in total. The number of nitrogens with zero attached hydrogens (tertiary/aromatic N) is 1. The lowest BCUT2D eigenvalue weighted by Gasteiger charge is -2.39. The molecular formula is C28H39NO4S. The van der Waals surface area contributed by atoms with Crippen molar-refractivity contribution in [2.45, 2.75) is 110 Å². The van der Waals surface area contributed by atoms with Gasteiger partial charge in [0.25, 0.3) is 0 Å². The second-order valence-corrected chi connectivity index (χ2v) is 12.6. The molecule has 0 unspecified atom stereocenters. The molecule has 1 heterocycles. The molecule has 0 bridgehead atoms. The molecule has 0 aliphatic heterocycles. The van der Waals surface area contributed by atoms with E-state index in [1.54, 1.807) is 0 Å². The van der Waals surface area contributed by atoms with Crippen LogP contribution >= 0.6 is 11.3 Å². The first-order valence-electron chi connectivity index (χ1n) is 13.0. The van der Waals surface area contributed by atoms with Gasteiger partial charge in [-0.15, -0.1) is 11.3 Å². The van der Waals surface area contributed by atoms with Crippen LogP contribution in [0.15, 0.2) is 6.07 Å². The summed E-state index contributed by atoms with van der Waals surface area (Å²) in [7, 11) is 0. The zero-order valence-corrected chi connectivity index (χ0v) is 21.9. The van der Waals surface area contributed by atoms with Gasteiger partial charge in [0.2, 0.25) is 5.91 Å². The van der Waals surface area contributed by atoms with Gasteiger partial charge in [0.15, 0.2) is 0 Å². The normalized spacial score (nSPS) is 27.5. The van der Waals surface area contributed by atoms with Crippen LogP contribution in [0.1, 0.15) is 106 Å². The molecule has 0 radical (unpaired) electrons. The summed E-state index contributed by atoms with van der Waals surface area (Å²) in [5, 5.41) is 10.0. The Bertz CT molecular complexity index is 945. The topological polar surface area (TPSA) is 66.8 Å². The predicted octanol–water partition coefficient (Wildman–Crippen LogP) is 6.49. The van der Waals surface area contributed by atoms with E-state index in [4.69, 9.17) is 4.74 Å². The molecule has 3 saturated carbocycles. The lowest BCUT2D eigenvalue weighted by molar-refractivity contribution is -0.124. The number of rotatable bonds is 6. The Morgan fingerprint density at radius 1 is 1.00 bits per heavy atom. The van der Waals surface area contributed by atoms with E-state index in [9.17, 15) is 14.7 Å². The van der Waals surface area contributed by atoms with Crippen LogP contribution in [0.4, 0.5) is 5.69 Å². The molecule has 34 heavy (non-hydrogen) atoms. The molecule has 1 N–H and O–H groups in total. The lowest BCUT2D eigenvalue weighted by atomic mass is 9.81. The Kier molecular flexibility index (Phi) is 7.74. The van der Waals surface area contributed by atoms with Gasteiger partial charge in [-0.25, -0.2) is 4.79 Å². The number of carbonyl (C=O) groups excluding carboxylic acids is 1. The number of aromatic carboxylic acids is 1. The highest BCUT2D eigenvalue weighted by Gasteiger charge is 2.38. The molecule has 1 aromatic rings. The van der Waals surface area contributed by atoms with E-state index >= 15 is 0 Å². The molecular weight excluding hydrogens is 446 g/mol. The number of anilines is 1. The largest absolute Gasteiger partial charge is 0.477 e. The van der Waals surface area contributed by atoms with Crippen LogP contribution in [0.3, 0.4) is 0 Å². The van der Waals surface area contributed by atoms with Gasteiger partial charge in [-0.1, -0.05) is 18.8 Å². The van der Waals surface area contributed by atoms with Gasteiger partial charge in [0, 0.05) is 17.4 Å². The number of carboxylic acids is 1. The predicted molar refractivity (Wildman–Crippen MR) is 136 cm³/mol.